The molecule has 1 unspecified atom stereocenters. The number of nitrogens with zero attached hydrogens (tertiary/aromatic N) is 1. The molecule has 0 aliphatic heterocycles. The van der Waals surface area contributed by atoms with Crippen molar-refractivity contribution in [3.63, 3.8) is 0 Å². The number of amides is 1. The van der Waals surface area contributed by atoms with Crippen molar-refractivity contribution in [3.8, 4) is 0 Å². The van der Waals surface area contributed by atoms with Crippen molar-refractivity contribution in [2.24, 2.45) is 4.74 Å². The van der Waals surface area contributed by atoms with Crippen LogP contribution < -0.4 is 10.6 Å². The Balaban J connectivity index is 2.59. The minimum absolute atomic E-state index is 0.944. The highest BCUT2D eigenvalue weighted by Crippen LogP contribution is 2.26. The van der Waals surface area contributed by atoms with Crippen molar-refractivity contribution in [3.05, 3.63) is 58.2 Å². The third-order valence-corrected chi connectivity index (χ3v) is 5.64. The molecule has 0 saturated carbocycles. The van der Waals surface area contributed by atoms with Gasteiger partial charge in [0.1, 0.15) is 0 Å². The van der Waals surface area contributed by atoms with Gasteiger partial charge < -0.3 is 5.11 Å². The molecule has 0 fully saturated rings. The number of benzene rings is 2. The number of hydrogen-bond donors (Lipinski definition) is 1. The minimum Gasteiger partial charge on any atom is -0.461 e. The molecule has 1 atom stereocenters. The molecular formula is C13H10INO2P+. The molecule has 5 heteroatoms. The number of hydrogen-bond acceptors (Lipinski definition) is 1. The van der Waals surface area contributed by atoms with E-state index in [1.165, 1.54) is 0 Å². The first-order valence-electron chi connectivity index (χ1n) is 5.23. The second-order valence-electron chi connectivity index (χ2n) is 3.48. The zero-order valence-corrected chi connectivity index (χ0v) is 12.4. The minimum atomic E-state index is -1.19. The van der Waals surface area contributed by atoms with E-state index in [-0.39, 0.29) is 0 Å². The zero-order chi connectivity index (χ0) is 13.0. The van der Waals surface area contributed by atoms with Crippen LogP contribution in [0.15, 0.2) is 59.3 Å². The fourth-order valence-electron chi connectivity index (χ4n) is 1.53. The number of carbonyl (C=O) groups is 1. The Kier molecular flexibility index (Phi) is 4.44. The van der Waals surface area contributed by atoms with Gasteiger partial charge in [0.05, 0.1) is 3.57 Å². The molecule has 18 heavy (non-hydrogen) atoms. The molecule has 2 rings (SSSR count). The summed E-state index contributed by atoms with van der Waals surface area (Å²) in [5.74, 6) is 0. The van der Waals surface area contributed by atoms with E-state index in [9.17, 15) is 4.79 Å². The van der Waals surface area contributed by atoms with Gasteiger partial charge in [-0.05, 0) is 46.9 Å². The van der Waals surface area contributed by atoms with Crippen LogP contribution in [0.5, 0.6) is 0 Å². The van der Waals surface area contributed by atoms with Gasteiger partial charge in [0.2, 0.25) is 0 Å². The molecule has 0 aromatic heterocycles. The van der Waals surface area contributed by atoms with E-state index in [2.05, 4.69) is 27.3 Å². The predicted octanol–water partition coefficient (Wildman–Crippen LogP) is 3.59. The molecule has 3 nitrogen and oxygen atoms in total. The van der Waals surface area contributed by atoms with Gasteiger partial charge in [0.15, 0.2) is 10.6 Å². The average molecular weight is 370 g/mol. The lowest BCUT2D eigenvalue weighted by Gasteiger charge is -1.96. The van der Waals surface area contributed by atoms with Gasteiger partial charge in [-0.2, -0.15) is 0 Å². The Morgan fingerprint density at radius 1 is 1.06 bits per heavy atom. The molecule has 0 aliphatic rings. The molecule has 0 spiro atoms. The topological polar surface area (TPSA) is 49.7 Å². The Labute approximate surface area is 119 Å². The van der Waals surface area contributed by atoms with Gasteiger partial charge in [-0.3, -0.25) is 0 Å². The van der Waals surface area contributed by atoms with E-state index < -0.39 is 13.8 Å². The maximum atomic E-state index is 10.9. The first kappa shape index (κ1) is 13.2. The summed E-state index contributed by atoms with van der Waals surface area (Å²) in [6, 6.07) is 17.3. The Hall–Kier alpha value is -1.26. The van der Waals surface area contributed by atoms with Gasteiger partial charge in [-0.15, -0.1) is 0 Å². The summed E-state index contributed by atoms with van der Waals surface area (Å²) >= 11 is 2.21. The Morgan fingerprint density at radius 3 is 2.28 bits per heavy atom. The lowest BCUT2D eigenvalue weighted by molar-refractivity contribution is 0.206. The number of rotatable bonds is 2. The summed E-state index contributed by atoms with van der Waals surface area (Å²) in [6.07, 6.45) is -1.12. The van der Waals surface area contributed by atoms with Crippen molar-refractivity contribution < 1.29 is 9.90 Å². The smallest absolute Gasteiger partial charge is 0.461 e. The van der Waals surface area contributed by atoms with Gasteiger partial charge in [-0.25, -0.2) is 4.79 Å². The highest BCUT2D eigenvalue weighted by Gasteiger charge is 2.25. The third-order valence-electron chi connectivity index (χ3n) is 2.27. The molecule has 1 N–H and O–H groups in total. The summed E-state index contributed by atoms with van der Waals surface area (Å²) < 4.78 is 4.89. The standard InChI is InChI=1S/C13H9INO2P/c14-11-8-4-5-9-12(11)18(15-13(16)17)10-6-2-1-3-7-10/h1-9H/p+1. The first-order chi connectivity index (χ1) is 8.68. The van der Waals surface area contributed by atoms with E-state index in [0.29, 0.717) is 0 Å². The maximum Gasteiger partial charge on any atom is 0.469 e. The SMILES string of the molecule is O=C(O)/N=[P+](/c1ccccc1)c1ccccc1I. The molecule has 0 radical (unpaired) electrons. The van der Waals surface area contributed by atoms with Crippen LogP contribution >= 0.6 is 30.3 Å². The first-order valence-corrected chi connectivity index (χ1v) is 7.60. The van der Waals surface area contributed by atoms with Crippen LogP contribution in [0.2, 0.25) is 0 Å². The molecule has 90 valence electrons. The van der Waals surface area contributed by atoms with Crippen molar-refractivity contribution in [2.45, 2.75) is 0 Å². The summed E-state index contributed by atoms with van der Waals surface area (Å²) in [5, 5.41) is 10.9. The molecule has 0 heterocycles. The van der Waals surface area contributed by atoms with Crippen molar-refractivity contribution >= 4 is 47.0 Å². The van der Waals surface area contributed by atoms with Crippen LogP contribution in [-0.4, -0.2) is 11.2 Å². The summed E-state index contributed by atoms with van der Waals surface area (Å²) in [5.41, 5.74) is 0. The summed E-state index contributed by atoms with van der Waals surface area (Å²) in [6.45, 7) is 0. The zero-order valence-electron chi connectivity index (χ0n) is 9.32. The molecule has 0 aliphatic carbocycles. The second-order valence-corrected chi connectivity index (χ2v) is 6.47. The average Bonchev–Trinajstić information content (AvgIpc) is 2.38. The van der Waals surface area contributed by atoms with Crippen molar-refractivity contribution in [1.82, 2.24) is 0 Å². The third kappa shape index (κ3) is 3.15. The molecule has 1 amide bonds. The van der Waals surface area contributed by atoms with Crippen LogP contribution in [0.1, 0.15) is 0 Å². The highest BCUT2D eigenvalue weighted by molar-refractivity contribution is 14.1. The van der Waals surface area contributed by atoms with E-state index in [0.717, 1.165) is 14.2 Å². The van der Waals surface area contributed by atoms with E-state index in [1.807, 2.05) is 54.6 Å². The monoisotopic (exact) mass is 370 g/mol. The molecule has 2 aromatic carbocycles. The summed E-state index contributed by atoms with van der Waals surface area (Å²) in [4.78, 5) is 10.9. The molecule has 2 aromatic rings. The molecule has 0 saturated heterocycles. The normalized spacial score (nSPS) is 11.3. The maximum absolute atomic E-state index is 10.9. The second kappa shape index (κ2) is 6.07. The lowest BCUT2D eigenvalue weighted by atomic mass is 10.4. The van der Waals surface area contributed by atoms with Crippen molar-refractivity contribution in [1.29, 1.82) is 0 Å². The van der Waals surface area contributed by atoms with E-state index >= 15 is 0 Å². The summed E-state index contributed by atoms with van der Waals surface area (Å²) in [7, 11) is -1.19. The van der Waals surface area contributed by atoms with Crippen LogP contribution in [0, 0.1) is 3.57 Å². The number of carboxylic acid groups (broad SMARTS) is 1. The van der Waals surface area contributed by atoms with Gasteiger partial charge in [0.25, 0.3) is 7.71 Å². The Morgan fingerprint density at radius 2 is 1.67 bits per heavy atom. The largest absolute Gasteiger partial charge is 0.469 e. The quantitative estimate of drug-likeness (QED) is 0.649. The number of halogens is 1. The molecular weight excluding hydrogens is 360 g/mol. The fraction of sp³-hybridized carbons (Fsp3) is 0. The lowest BCUT2D eigenvalue weighted by Crippen LogP contribution is -2.10. The van der Waals surface area contributed by atoms with Crippen molar-refractivity contribution in [2.75, 3.05) is 0 Å². The van der Waals surface area contributed by atoms with Crippen LogP contribution in [-0.2, 0) is 0 Å². The van der Waals surface area contributed by atoms with Crippen LogP contribution in [0.3, 0.4) is 0 Å². The molecule has 0 bridgehead atoms. The van der Waals surface area contributed by atoms with Gasteiger partial charge in [-0.1, -0.05) is 30.3 Å². The van der Waals surface area contributed by atoms with E-state index in [1.54, 1.807) is 0 Å². The highest BCUT2D eigenvalue weighted by atomic mass is 127. The van der Waals surface area contributed by atoms with Crippen LogP contribution in [0.4, 0.5) is 4.79 Å². The Bertz CT molecular complexity index is 599. The van der Waals surface area contributed by atoms with Gasteiger partial charge in [0, 0.05) is 4.74 Å². The predicted molar refractivity (Wildman–Crippen MR) is 82.2 cm³/mol. The fourth-order valence-corrected chi connectivity index (χ4v) is 4.23. The van der Waals surface area contributed by atoms with E-state index in [4.69, 9.17) is 5.11 Å². The van der Waals surface area contributed by atoms with Gasteiger partial charge >= 0.3 is 6.09 Å². The van der Waals surface area contributed by atoms with Crippen LogP contribution in [0.25, 0.3) is 0 Å².